The third-order valence-electron chi connectivity index (χ3n) is 5.31. The number of hydroxylamine groups is 1. The van der Waals surface area contributed by atoms with E-state index in [1.165, 1.54) is 6.42 Å². The average Bonchev–Trinajstić information content (AvgIpc) is 3.23. The number of pyridine rings is 1. The summed E-state index contributed by atoms with van der Waals surface area (Å²) in [5.41, 5.74) is 6.92. The van der Waals surface area contributed by atoms with Crippen LogP contribution in [0.4, 0.5) is 5.69 Å². The first-order valence-corrected chi connectivity index (χ1v) is 8.67. The highest BCUT2D eigenvalue weighted by Crippen LogP contribution is 2.43. The van der Waals surface area contributed by atoms with E-state index in [-0.39, 0.29) is 5.60 Å². The molecule has 24 heavy (non-hydrogen) atoms. The Morgan fingerprint density at radius 2 is 2.08 bits per heavy atom. The van der Waals surface area contributed by atoms with E-state index in [2.05, 4.69) is 32.1 Å². The van der Waals surface area contributed by atoms with Crippen LogP contribution < -0.4 is 10.8 Å². The van der Waals surface area contributed by atoms with Crippen molar-refractivity contribution in [2.75, 3.05) is 18.5 Å². The van der Waals surface area contributed by atoms with Crippen LogP contribution in [0.25, 0.3) is 16.7 Å². The molecule has 7 nitrogen and oxygen atoms in total. The number of H-pyrrole nitrogens is 1. The lowest BCUT2D eigenvalue weighted by molar-refractivity contribution is -0.0821. The normalized spacial score (nSPS) is 23.1. The van der Waals surface area contributed by atoms with Gasteiger partial charge in [0.15, 0.2) is 5.65 Å². The third kappa shape index (κ3) is 2.27. The van der Waals surface area contributed by atoms with Gasteiger partial charge < -0.3 is 10.1 Å². The molecular formula is C17H21N5O2. The van der Waals surface area contributed by atoms with Crippen molar-refractivity contribution in [3.05, 3.63) is 24.0 Å². The van der Waals surface area contributed by atoms with Crippen LogP contribution in [0.15, 0.2) is 18.5 Å². The minimum absolute atomic E-state index is 0.114. The van der Waals surface area contributed by atoms with E-state index in [1.54, 1.807) is 0 Å². The van der Waals surface area contributed by atoms with Gasteiger partial charge in [-0.15, -0.1) is 0 Å². The molecule has 3 N–H and O–H groups in total. The maximum atomic E-state index is 5.84. The van der Waals surface area contributed by atoms with Crippen LogP contribution in [-0.2, 0) is 9.57 Å². The van der Waals surface area contributed by atoms with Crippen molar-refractivity contribution in [2.24, 2.45) is 0 Å². The maximum Gasteiger partial charge on any atom is 0.157 e. The first-order valence-electron chi connectivity index (χ1n) is 8.67. The molecule has 0 radical (unpaired) electrons. The molecule has 3 aliphatic rings. The predicted octanol–water partition coefficient (Wildman–Crippen LogP) is 2.35. The third-order valence-corrected chi connectivity index (χ3v) is 5.31. The van der Waals surface area contributed by atoms with Crippen LogP contribution in [0.2, 0.25) is 0 Å². The molecule has 0 atom stereocenters. The van der Waals surface area contributed by atoms with Gasteiger partial charge in [0.05, 0.1) is 23.0 Å². The van der Waals surface area contributed by atoms with Gasteiger partial charge in [-0.05, 0) is 38.2 Å². The van der Waals surface area contributed by atoms with Crippen LogP contribution in [0.5, 0.6) is 0 Å². The largest absolute Gasteiger partial charge is 0.381 e. The lowest BCUT2D eigenvalue weighted by Crippen LogP contribution is -2.36. The van der Waals surface area contributed by atoms with Gasteiger partial charge in [0.25, 0.3) is 0 Å². The average molecular weight is 327 g/mol. The van der Waals surface area contributed by atoms with E-state index in [0.717, 1.165) is 66.9 Å². The summed E-state index contributed by atoms with van der Waals surface area (Å²) in [4.78, 5) is 10.4. The molecule has 2 aliphatic heterocycles. The van der Waals surface area contributed by atoms with Gasteiger partial charge in [0, 0.05) is 31.0 Å². The van der Waals surface area contributed by atoms with Gasteiger partial charge in [-0.2, -0.15) is 5.10 Å². The summed E-state index contributed by atoms with van der Waals surface area (Å²) in [6.45, 7) is 1.61. The Balaban J connectivity index is 1.55. The molecule has 0 bridgehead atoms. The second-order valence-electron chi connectivity index (χ2n) is 6.89. The van der Waals surface area contributed by atoms with Crippen molar-refractivity contribution in [3.8, 4) is 0 Å². The molecule has 2 aromatic rings. The molecule has 2 aromatic heterocycles. The zero-order valence-corrected chi connectivity index (χ0v) is 13.5. The Morgan fingerprint density at radius 3 is 2.83 bits per heavy atom. The number of hydrogen-bond donors (Lipinski definition) is 3. The molecule has 126 valence electrons. The fourth-order valence-corrected chi connectivity index (χ4v) is 3.69. The van der Waals surface area contributed by atoms with Gasteiger partial charge >= 0.3 is 0 Å². The van der Waals surface area contributed by atoms with Gasteiger partial charge in [0.1, 0.15) is 5.60 Å². The quantitative estimate of drug-likeness (QED) is 0.802. The molecular weight excluding hydrogens is 306 g/mol. The minimum Gasteiger partial charge on any atom is -0.381 e. The van der Waals surface area contributed by atoms with Crippen molar-refractivity contribution in [3.63, 3.8) is 0 Å². The highest BCUT2D eigenvalue weighted by Gasteiger charge is 2.41. The molecule has 1 saturated carbocycles. The zero-order chi connectivity index (χ0) is 16.0. The molecule has 2 fully saturated rings. The Labute approximate surface area is 139 Å². The highest BCUT2D eigenvalue weighted by atomic mass is 16.7. The SMILES string of the molecule is C1=C(c2cnc3[nH]ncc3c2NC2CCOCC2)NOC12CCC2. The summed E-state index contributed by atoms with van der Waals surface area (Å²) in [5.74, 6) is 0. The Bertz CT molecular complexity index is 789. The van der Waals surface area contributed by atoms with E-state index >= 15 is 0 Å². The number of ether oxygens (including phenoxy) is 1. The van der Waals surface area contributed by atoms with Crippen LogP contribution in [0, 0.1) is 0 Å². The molecule has 0 aromatic carbocycles. The van der Waals surface area contributed by atoms with Crippen molar-refractivity contribution >= 4 is 22.4 Å². The van der Waals surface area contributed by atoms with Gasteiger partial charge in [-0.1, -0.05) is 0 Å². The summed E-state index contributed by atoms with van der Waals surface area (Å²) in [6.07, 6.45) is 11.3. The second kappa shape index (κ2) is 5.46. The fraction of sp³-hybridized carbons (Fsp3) is 0.529. The topological polar surface area (TPSA) is 84.1 Å². The predicted molar refractivity (Wildman–Crippen MR) is 90.1 cm³/mol. The lowest BCUT2D eigenvalue weighted by Gasteiger charge is -2.33. The molecule has 7 heteroatoms. The molecule has 1 spiro atoms. The number of nitrogens with one attached hydrogen (secondary N) is 3. The van der Waals surface area contributed by atoms with Crippen LogP contribution >= 0.6 is 0 Å². The molecule has 5 rings (SSSR count). The van der Waals surface area contributed by atoms with Crippen molar-refractivity contribution < 1.29 is 9.57 Å². The second-order valence-corrected chi connectivity index (χ2v) is 6.89. The number of hydrogen-bond acceptors (Lipinski definition) is 6. The van der Waals surface area contributed by atoms with Gasteiger partial charge in [0.2, 0.25) is 0 Å². The van der Waals surface area contributed by atoms with Crippen molar-refractivity contribution in [1.82, 2.24) is 20.7 Å². The number of rotatable bonds is 3. The van der Waals surface area contributed by atoms with Gasteiger partial charge in [-0.3, -0.25) is 15.4 Å². The highest BCUT2D eigenvalue weighted by molar-refractivity contribution is 5.95. The standard InChI is InChI=1S/C17H21N5O2/c1-4-17(5-1)8-14(22-24-17)12-9-18-16-13(10-19-21-16)15(12)20-11-2-6-23-7-3-11/h8-11,22H,1-7H2,(H2,18,19,20,21). The Morgan fingerprint density at radius 1 is 1.21 bits per heavy atom. The summed E-state index contributed by atoms with van der Waals surface area (Å²) < 4.78 is 5.47. The van der Waals surface area contributed by atoms with E-state index in [0.29, 0.717) is 6.04 Å². The molecule has 4 heterocycles. The van der Waals surface area contributed by atoms with E-state index in [4.69, 9.17) is 9.57 Å². The van der Waals surface area contributed by atoms with E-state index < -0.39 is 0 Å². The maximum absolute atomic E-state index is 5.84. The smallest absolute Gasteiger partial charge is 0.157 e. The minimum atomic E-state index is -0.114. The lowest BCUT2D eigenvalue weighted by atomic mass is 9.80. The van der Waals surface area contributed by atoms with Gasteiger partial charge in [-0.25, -0.2) is 4.98 Å². The summed E-state index contributed by atoms with van der Waals surface area (Å²) in [5, 5.41) is 11.8. The fourth-order valence-electron chi connectivity index (χ4n) is 3.69. The molecule has 1 aliphatic carbocycles. The van der Waals surface area contributed by atoms with Crippen molar-refractivity contribution in [2.45, 2.75) is 43.7 Å². The van der Waals surface area contributed by atoms with Crippen molar-refractivity contribution in [1.29, 1.82) is 0 Å². The number of fused-ring (bicyclic) bond motifs is 1. The first-order chi connectivity index (χ1) is 11.8. The van der Waals surface area contributed by atoms with E-state index in [1.807, 2.05) is 12.4 Å². The first kappa shape index (κ1) is 14.2. The summed E-state index contributed by atoms with van der Waals surface area (Å²) in [7, 11) is 0. The number of anilines is 1. The molecule has 0 amide bonds. The van der Waals surface area contributed by atoms with Crippen LogP contribution in [0.3, 0.4) is 0 Å². The summed E-state index contributed by atoms with van der Waals surface area (Å²) >= 11 is 0. The summed E-state index contributed by atoms with van der Waals surface area (Å²) in [6, 6.07) is 0.401. The molecule has 1 saturated heterocycles. The zero-order valence-electron chi connectivity index (χ0n) is 13.5. The number of nitrogens with zero attached hydrogens (tertiary/aromatic N) is 2. The van der Waals surface area contributed by atoms with Crippen LogP contribution in [0.1, 0.15) is 37.7 Å². The monoisotopic (exact) mass is 327 g/mol. The Hall–Kier alpha value is -2.12. The Kier molecular flexibility index (Phi) is 3.24. The number of aromatic amines is 1. The number of aromatic nitrogens is 3. The molecule has 0 unspecified atom stereocenters. The van der Waals surface area contributed by atoms with E-state index in [9.17, 15) is 0 Å². The van der Waals surface area contributed by atoms with Crippen LogP contribution in [-0.4, -0.2) is 40.0 Å².